The second-order valence-corrected chi connectivity index (χ2v) is 9.66. The van der Waals surface area contributed by atoms with Crippen LogP contribution in [0.1, 0.15) is 73.3 Å². The Hall–Kier alpha value is -3.26. The fourth-order valence-corrected chi connectivity index (χ4v) is 5.19. The Morgan fingerprint density at radius 3 is 2.33 bits per heavy atom. The van der Waals surface area contributed by atoms with Crippen LogP contribution in [0, 0.1) is 13.8 Å². The smallest absolute Gasteiger partial charge is 0.338 e. The molecule has 192 valence electrons. The second-order valence-electron chi connectivity index (χ2n) is 9.66. The van der Waals surface area contributed by atoms with Gasteiger partial charge in [0.2, 0.25) is 0 Å². The molecular weight excluding hydrogens is 452 g/mol. The summed E-state index contributed by atoms with van der Waals surface area (Å²) in [4.78, 5) is 14.8. The standard InChI is InChI=1S/C28H38N6O2/c1-5-33(6-2)19-20-36-26(35)23-13-15-24(16-14-23)29-28(17-8-7-9-18-28)27-30-31-32-34(27)25-21(3)11-10-12-22(25)4/h10-16,29H,5-9,17-20H2,1-4H3. The topological polar surface area (TPSA) is 85.2 Å². The quantitative estimate of drug-likeness (QED) is 0.398. The normalized spacial score (nSPS) is 15.1. The summed E-state index contributed by atoms with van der Waals surface area (Å²) in [5.41, 5.74) is 4.41. The Morgan fingerprint density at radius 1 is 1.03 bits per heavy atom. The number of nitrogens with zero attached hydrogens (tertiary/aromatic N) is 5. The van der Waals surface area contributed by atoms with Crippen molar-refractivity contribution in [1.29, 1.82) is 0 Å². The van der Waals surface area contributed by atoms with Crippen molar-refractivity contribution in [3.63, 3.8) is 0 Å². The first-order valence-electron chi connectivity index (χ1n) is 13.1. The molecule has 0 bridgehead atoms. The number of hydrogen-bond donors (Lipinski definition) is 1. The Labute approximate surface area is 214 Å². The van der Waals surface area contributed by atoms with E-state index in [9.17, 15) is 4.79 Å². The van der Waals surface area contributed by atoms with Crippen molar-refractivity contribution in [3.8, 4) is 5.69 Å². The van der Waals surface area contributed by atoms with Crippen molar-refractivity contribution in [2.45, 2.75) is 65.3 Å². The lowest BCUT2D eigenvalue weighted by atomic mass is 9.80. The summed E-state index contributed by atoms with van der Waals surface area (Å²) in [5.74, 6) is 0.541. The van der Waals surface area contributed by atoms with E-state index in [-0.39, 0.29) is 11.5 Å². The van der Waals surface area contributed by atoms with Gasteiger partial charge in [-0.3, -0.25) is 0 Å². The summed E-state index contributed by atoms with van der Waals surface area (Å²) in [6.07, 6.45) is 5.28. The number of rotatable bonds is 10. The molecule has 0 atom stereocenters. The van der Waals surface area contributed by atoms with Gasteiger partial charge >= 0.3 is 5.97 Å². The molecule has 1 N–H and O–H groups in total. The molecule has 1 aliphatic carbocycles. The molecule has 0 radical (unpaired) electrons. The third kappa shape index (κ3) is 5.59. The molecule has 1 fully saturated rings. The van der Waals surface area contributed by atoms with Gasteiger partial charge in [0.25, 0.3) is 0 Å². The maximum Gasteiger partial charge on any atom is 0.338 e. The predicted molar refractivity (Wildman–Crippen MR) is 142 cm³/mol. The molecule has 0 unspecified atom stereocenters. The fourth-order valence-electron chi connectivity index (χ4n) is 5.19. The summed E-state index contributed by atoms with van der Waals surface area (Å²) in [7, 11) is 0. The van der Waals surface area contributed by atoms with Gasteiger partial charge in [0.1, 0.15) is 6.61 Å². The molecule has 1 aromatic heterocycles. The van der Waals surface area contributed by atoms with E-state index in [1.54, 1.807) is 0 Å². The van der Waals surface area contributed by atoms with Crippen molar-refractivity contribution in [2.24, 2.45) is 0 Å². The molecule has 0 spiro atoms. The minimum absolute atomic E-state index is 0.292. The van der Waals surface area contributed by atoms with Crippen LogP contribution < -0.4 is 5.32 Å². The SMILES string of the molecule is CCN(CC)CCOC(=O)c1ccc(NC2(c3nnnn3-c3c(C)cccc3C)CCCCC2)cc1. The number of hydrogen-bond acceptors (Lipinski definition) is 7. The van der Waals surface area contributed by atoms with Crippen molar-refractivity contribution >= 4 is 11.7 Å². The van der Waals surface area contributed by atoms with E-state index in [0.717, 1.165) is 73.6 Å². The maximum absolute atomic E-state index is 12.5. The van der Waals surface area contributed by atoms with Crippen LogP contribution in [0.4, 0.5) is 5.69 Å². The van der Waals surface area contributed by atoms with Crippen LogP contribution in [0.2, 0.25) is 0 Å². The number of para-hydroxylation sites is 1. The first-order valence-corrected chi connectivity index (χ1v) is 13.1. The van der Waals surface area contributed by atoms with Crippen LogP contribution in [0.3, 0.4) is 0 Å². The monoisotopic (exact) mass is 490 g/mol. The minimum Gasteiger partial charge on any atom is -0.461 e. The molecule has 3 aromatic rings. The molecule has 8 heteroatoms. The zero-order valence-corrected chi connectivity index (χ0v) is 22.0. The lowest BCUT2D eigenvalue weighted by molar-refractivity contribution is 0.0466. The van der Waals surface area contributed by atoms with Gasteiger partial charge in [-0.25, -0.2) is 4.79 Å². The molecular formula is C28H38N6O2. The van der Waals surface area contributed by atoms with Crippen LogP contribution in [-0.4, -0.2) is 57.3 Å². The third-order valence-electron chi connectivity index (χ3n) is 7.30. The Bertz CT molecular complexity index is 1130. The average molecular weight is 491 g/mol. The lowest BCUT2D eigenvalue weighted by Crippen LogP contribution is -2.40. The number of benzene rings is 2. The number of esters is 1. The molecule has 1 heterocycles. The number of aryl methyl sites for hydroxylation is 2. The van der Waals surface area contributed by atoms with Crippen molar-refractivity contribution in [3.05, 3.63) is 65.0 Å². The summed E-state index contributed by atoms with van der Waals surface area (Å²) in [5, 5.41) is 16.8. The highest BCUT2D eigenvalue weighted by atomic mass is 16.5. The van der Waals surface area contributed by atoms with E-state index in [0.29, 0.717) is 12.2 Å². The maximum atomic E-state index is 12.5. The van der Waals surface area contributed by atoms with Crippen molar-refractivity contribution in [1.82, 2.24) is 25.1 Å². The van der Waals surface area contributed by atoms with Gasteiger partial charge in [0.15, 0.2) is 5.82 Å². The summed E-state index contributed by atoms with van der Waals surface area (Å²) >= 11 is 0. The molecule has 0 saturated heterocycles. The molecule has 1 aliphatic rings. The molecule has 0 amide bonds. The average Bonchev–Trinajstić information content (AvgIpc) is 3.38. The summed E-state index contributed by atoms with van der Waals surface area (Å²) in [6.45, 7) is 11.4. The van der Waals surface area contributed by atoms with E-state index in [1.807, 2.05) is 28.9 Å². The number of anilines is 1. The predicted octanol–water partition coefficient (Wildman–Crippen LogP) is 5.05. The molecule has 1 saturated carbocycles. The molecule has 8 nitrogen and oxygen atoms in total. The first-order chi connectivity index (χ1) is 17.5. The third-order valence-corrected chi connectivity index (χ3v) is 7.30. The Morgan fingerprint density at radius 2 is 1.69 bits per heavy atom. The second kappa shape index (κ2) is 11.6. The highest BCUT2D eigenvalue weighted by Gasteiger charge is 2.39. The van der Waals surface area contributed by atoms with E-state index in [2.05, 4.69) is 71.6 Å². The van der Waals surface area contributed by atoms with Gasteiger partial charge in [-0.1, -0.05) is 51.3 Å². The number of ether oxygens (including phenoxy) is 1. The van der Waals surface area contributed by atoms with E-state index in [1.165, 1.54) is 6.42 Å². The molecule has 4 rings (SSSR count). The number of likely N-dealkylation sites (N-methyl/N-ethyl adjacent to an activating group) is 1. The highest BCUT2D eigenvalue weighted by molar-refractivity contribution is 5.89. The zero-order chi connectivity index (χ0) is 25.5. The Kier molecular flexibility index (Phi) is 8.36. The number of carbonyl (C=O) groups excluding carboxylic acids is 1. The van der Waals surface area contributed by atoms with Gasteiger partial charge in [-0.2, -0.15) is 4.68 Å². The fraction of sp³-hybridized carbons (Fsp3) is 0.500. The van der Waals surface area contributed by atoms with Crippen LogP contribution >= 0.6 is 0 Å². The van der Waals surface area contributed by atoms with Crippen LogP contribution in [0.5, 0.6) is 0 Å². The minimum atomic E-state index is -0.387. The van der Waals surface area contributed by atoms with Crippen molar-refractivity contribution in [2.75, 3.05) is 31.6 Å². The number of nitrogens with one attached hydrogen (secondary N) is 1. The molecule has 36 heavy (non-hydrogen) atoms. The van der Waals surface area contributed by atoms with Gasteiger partial charge in [0, 0.05) is 12.2 Å². The molecule has 2 aromatic carbocycles. The largest absolute Gasteiger partial charge is 0.461 e. The zero-order valence-electron chi connectivity index (χ0n) is 22.0. The van der Waals surface area contributed by atoms with Gasteiger partial charge in [0.05, 0.1) is 16.8 Å². The number of aromatic nitrogens is 4. The van der Waals surface area contributed by atoms with Gasteiger partial charge in [-0.15, -0.1) is 5.10 Å². The summed E-state index contributed by atoms with van der Waals surface area (Å²) < 4.78 is 7.39. The first kappa shape index (κ1) is 25.8. The number of tetrazole rings is 1. The Balaban J connectivity index is 1.54. The number of carbonyl (C=O) groups is 1. The van der Waals surface area contributed by atoms with E-state index in [4.69, 9.17) is 4.74 Å². The van der Waals surface area contributed by atoms with Crippen molar-refractivity contribution < 1.29 is 9.53 Å². The molecule has 0 aliphatic heterocycles. The highest BCUT2D eigenvalue weighted by Crippen LogP contribution is 2.40. The van der Waals surface area contributed by atoms with Gasteiger partial charge in [-0.05, 0) is 85.6 Å². The van der Waals surface area contributed by atoms with E-state index < -0.39 is 0 Å². The lowest BCUT2D eigenvalue weighted by Gasteiger charge is -2.38. The summed E-state index contributed by atoms with van der Waals surface area (Å²) in [6, 6.07) is 13.8. The van der Waals surface area contributed by atoms with Gasteiger partial charge < -0.3 is 15.0 Å². The van der Waals surface area contributed by atoms with Crippen LogP contribution in [0.25, 0.3) is 5.69 Å². The van der Waals surface area contributed by atoms with E-state index >= 15 is 0 Å². The van der Waals surface area contributed by atoms with Crippen LogP contribution in [-0.2, 0) is 10.3 Å². The van der Waals surface area contributed by atoms with Crippen LogP contribution in [0.15, 0.2) is 42.5 Å².